The second kappa shape index (κ2) is 30.4. The Morgan fingerprint density at radius 3 is 1.60 bits per heavy atom. The molecule has 0 aliphatic carbocycles. The molecule has 0 unspecified atom stereocenters. The van der Waals surface area contributed by atoms with E-state index in [0.29, 0.717) is 59.2 Å². The van der Waals surface area contributed by atoms with Gasteiger partial charge in [-0.1, -0.05) is 46.0 Å². The highest BCUT2D eigenvalue weighted by Crippen LogP contribution is 2.08. The minimum absolute atomic E-state index is 0.0267. The third-order valence-corrected chi connectivity index (χ3v) is 4.53. The van der Waals surface area contributed by atoms with Crippen LogP contribution in [-0.2, 0) is 33.3 Å². The molecule has 0 saturated heterocycles. The molecular formula is C25H51N3O7. The highest BCUT2D eigenvalue weighted by molar-refractivity contribution is 5.77. The summed E-state index contributed by atoms with van der Waals surface area (Å²) in [5.74, 6) is -0.197. The van der Waals surface area contributed by atoms with Gasteiger partial charge in [-0.15, -0.1) is 0 Å². The van der Waals surface area contributed by atoms with E-state index in [0.717, 1.165) is 25.8 Å². The van der Waals surface area contributed by atoms with Gasteiger partial charge in [0.25, 0.3) is 0 Å². The normalized spacial score (nSPS) is 10.4. The lowest BCUT2D eigenvalue weighted by atomic mass is 10.1. The quantitative estimate of drug-likeness (QED) is 0.160. The lowest BCUT2D eigenvalue weighted by Gasteiger charge is -2.08. The molecule has 35 heavy (non-hydrogen) atoms. The number of ketones is 1. The second-order valence-electron chi connectivity index (χ2n) is 7.75. The number of ether oxygens (including phenoxy) is 4. The van der Waals surface area contributed by atoms with Crippen molar-refractivity contribution < 1.29 is 33.3 Å². The number of unbranched alkanes of at least 4 members (excludes halogenated alkanes) is 6. The van der Waals surface area contributed by atoms with Crippen molar-refractivity contribution in [1.29, 1.82) is 0 Å². The van der Waals surface area contributed by atoms with Crippen molar-refractivity contribution in [3.8, 4) is 0 Å². The summed E-state index contributed by atoms with van der Waals surface area (Å²) in [6, 6.07) is 0. The summed E-state index contributed by atoms with van der Waals surface area (Å²) in [4.78, 5) is 34.0. The van der Waals surface area contributed by atoms with Crippen molar-refractivity contribution in [2.75, 3.05) is 72.5 Å². The molecule has 4 N–H and O–H groups in total. The van der Waals surface area contributed by atoms with E-state index < -0.39 is 0 Å². The third kappa shape index (κ3) is 32.4. The lowest BCUT2D eigenvalue weighted by molar-refractivity contribution is -0.127. The molecule has 2 amide bonds. The van der Waals surface area contributed by atoms with Crippen molar-refractivity contribution in [2.24, 2.45) is 5.73 Å². The number of hydrogen-bond donors (Lipinski definition) is 3. The molecule has 10 nitrogen and oxygen atoms in total. The van der Waals surface area contributed by atoms with Crippen LogP contribution in [0.1, 0.15) is 72.1 Å². The van der Waals surface area contributed by atoms with Gasteiger partial charge in [0.15, 0.2) is 5.78 Å². The van der Waals surface area contributed by atoms with E-state index in [-0.39, 0.29) is 30.8 Å². The zero-order valence-electron chi connectivity index (χ0n) is 22.4. The van der Waals surface area contributed by atoms with E-state index in [9.17, 15) is 14.4 Å². The number of nitrogens with two attached hydrogens (primary N) is 1. The molecule has 0 aromatic heterocycles. The highest BCUT2D eigenvalue weighted by Gasteiger charge is 2.02. The number of hydrogen-bond acceptors (Lipinski definition) is 8. The van der Waals surface area contributed by atoms with E-state index in [4.69, 9.17) is 24.7 Å². The molecule has 0 bridgehead atoms. The Kier molecular flexibility index (Phi) is 30.9. The van der Waals surface area contributed by atoms with Gasteiger partial charge in [-0.3, -0.25) is 14.4 Å². The Labute approximate surface area is 212 Å². The summed E-state index contributed by atoms with van der Waals surface area (Å²) in [5, 5.41) is 5.52. The summed E-state index contributed by atoms with van der Waals surface area (Å²) in [7, 11) is 0. The first kappa shape index (κ1) is 35.6. The van der Waals surface area contributed by atoms with E-state index in [1.165, 1.54) is 32.6 Å². The average Bonchev–Trinajstić information content (AvgIpc) is 2.85. The lowest BCUT2D eigenvalue weighted by Crippen LogP contribution is -2.31. The predicted octanol–water partition coefficient (Wildman–Crippen LogP) is 1.98. The molecule has 10 heteroatoms. The number of nitrogens with one attached hydrogen (secondary N) is 2. The largest absolute Gasteiger partial charge is 0.377 e. The maximum absolute atomic E-state index is 11.7. The van der Waals surface area contributed by atoms with E-state index in [2.05, 4.69) is 10.6 Å². The zero-order valence-corrected chi connectivity index (χ0v) is 22.4. The predicted molar refractivity (Wildman–Crippen MR) is 137 cm³/mol. The molecule has 0 aliphatic heterocycles. The Bertz CT molecular complexity index is 494. The van der Waals surface area contributed by atoms with Crippen LogP contribution in [0, 0.1) is 0 Å². The van der Waals surface area contributed by atoms with E-state index in [1.54, 1.807) is 0 Å². The van der Waals surface area contributed by atoms with Crippen LogP contribution < -0.4 is 16.4 Å². The summed E-state index contributed by atoms with van der Waals surface area (Å²) in [5.41, 5.74) is 5.47. The maximum atomic E-state index is 11.7. The monoisotopic (exact) mass is 505 g/mol. The Morgan fingerprint density at radius 2 is 1.06 bits per heavy atom. The number of rotatable bonds is 25. The summed E-state index contributed by atoms with van der Waals surface area (Å²) >= 11 is 0. The summed E-state index contributed by atoms with van der Waals surface area (Å²) < 4.78 is 20.9. The average molecular weight is 506 g/mol. The first-order valence-corrected chi connectivity index (χ1v) is 13.1. The van der Waals surface area contributed by atoms with Crippen LogP contribution in [0.3, 0.4) is 0 Å². The molecule has 0 fully saturated rings. The van der Waals surface area contributed by atoms with Crippen LogP contribution in [0.25, 0.3) is 0 Å². The highest BCUT2D eigenvalue weighted by atomic mass is 16.5. The number of carbonyl (C=O) groups is 3. The van der Waals surface area contributed by atoms with Crippen LogP contribution in [0.4, 0.5) is 0 Å². The summed E-state index contributed by atoms with van der Waals surface area (Å²) in [6.07, 6.45) is 8.48. The molecule has 0 radical (unpaired) electrons. The topological polar surface area (TPSA) is 138 Å². The van der Waals surface area contributed by atoms with Crippen LogP contribution in [0.5, 0.6) is 0 Å². The first-order chi connectivity index (χ1) is 17.1. The minimum Gasteiger partial charge on any atom is -0.377 e. The fourth-order valence-electron chi connectivity index (χ4n) is 2.80. The Morgan fingerprint density at radius 1 is 0.600 bits per heavy atom. The first-order valence-electron chi connectivity index (χ1n) is 13.1. The molecule has 0 aromatic carbocycles. The van der Waals surface area contributed by atoms with E-state index in [1.807, 2.05) is 13.8 Å². The number of carbonyl (C=O) groups excluding carboxylic acids is 3. The van der Waals surface area contributed by atoms with Gasteiger partial charge in [0.2, 0.25) is 11.8 Å². The van der Waals surface area contributed by atoms with Gasteiger partial charge in [-0.05, 0) is 26.3 Å². The molecule has 0 rings (SSSR count). The SMILES string of the molecule is CC.CC(=O)COCCOCCNC(=O)COCCOCCNC(=O)CCCCCCCCCN. The van der Waals surface area contributed by atoms with Gasteiger partial charge in [0, 0.05) is 19.5 Å². The molecule has 0 aliphatic rings. The van der Waals surface area contributed by atoms with Gasteiger partial charge in [-0.2, -0.15) is 0 Å². The molecule has 0 heterocycles. The maximum Gasteiger partial charge on any atom is 0.246 e. The standard InChI is InChI=1S/C23H45N3O7.C2H6/c1-21(27)19-32-17-15-31-14-12-26-23(29)20-33-18-16-30-13-11-25-22(28)9-7-5-3-2-4-6-8-10-24;1-2/h2-20,24H2,1H3,(H,25,28)(H,26,29);1-2H3. The molecule has 0 saturated carbocycles. The van der Waals surface area contributed by atoms with Crippen molar-refractivity contribution >= 4 is 17.6 Å². The Hall–Kier alpha value is -1.59. The smallest absolute Gasteiger partial charge is 0.246 e. The van der Waals surface area contributed by atoms with Gasteiger partial charge >= 0.3 is 0 Å². The van der Waals surface area contributed by atoms with Crippen LogP contribution >= 0.6 is 0 Å². The van der Waals surface area contributed by atoms with Crippen molar-refractivity contribution in [2.45, 2.75) is 72.1 Å². The number of amides is 2. The van der Waals surface area contributed by atoms with E-state index >= 15 is 0 Å². The molecule has 208 valence electrons. The van der Waals surface area contributed by atoms with Crippen LogP contribution in [0.2, 0.25) is 0 Å². The third-order valence-electron chi connectivity index (χ3n) is 4.53. The zero-order chi connectivity index (χ0) is 26.4. The van der Waals surface area contributed by atoms with Crippen LogP contribution in [0.15, 0.2) is 0 Å². The van der Waals surface area contributed by atoms with Gasteiger partial charge in [0.1, 0.15) is 13.2 Å². The molecule has 0 spiro atoms. The number of Topliss-reactive ketones (excluding diaryl/α,β-unsaturated/α-hetero) is 1. The Balaban J connectivity index is 0. The molecular weight excluding hydrogens is 454 g/mol. The van der Waals surface area contributed by atoms with Gasteiger partial charge in [0.05, 0.1) is 39.6 Å². The second-order valence-corrected chi connectivity index (χ2v) is 7.75. The fourth-order valence-corrected chi connectivity index (χ4v) is 2.80. The van der Waals surface area contributed by atoms with Gasteiger partial charge < -0.3 is 35.3 Å². The van der Waals surface area contributed by atoms with Gasteiger partial charge in [-0.25, -0.2) is 0 Å². The molecule has 0 atom stereocenters. The molecule has 0 aromatic rings. The van der Waals surface area contributed by atoms with Crippen molar-refractivity contribution in [3.05, 3.63) is 0 Å². The van der Waals surface area contributed by atoms with Crippen molar-refractivity contribution in [3.63, 3.8) is 0 Å². The fraction of sp³-hybridized carbons (Fsp3) is 0.880. The van der Waals surface area contributed by atoms with Crippen LogP contribution in [-0.4, -0.2) is 90.1 Å². The summed E-state index contributed by atoms with van der Waals surface area (Å²) in [6.45, 7) is 9.27. The van der Waals surface area contributed by atoms with Crippen molar-refractivity contribution in [1.82, 2.24) is 10.6 Å². The minimum atomic E-state index is -0.228.